The molecule has 0 bridgehead atoms. The van der Waals surface area contributed by atoms with E-state index in [1.165, 1.54) is 0 Å². The van der Waals surface area contributed by atoms with E-state index in [-0.39, 0.29) is 5.97 Å². The fourth-order valence-corrected chi connectivity index (χ4v) is 3.72. The summed E-state index contributed by atoms with van der Waals surface area (Å²) in [6.45, 7) is 9.05. The monoisotopic (exact) mass is 212 g/mol. The molecule has 0 N–H and O–H groups in total. The maximum absolute atomic E-state index is 11.7. The fraction of sp³-hybridized carbons (Fsp3) is 0.700. The molecule has 2 aliphatic heterocycles. The maximum Gasteiger partial charge on any atom is 0.334 e. The van der Waals surface area contributed by atoms with Gasteiger partial charge in [0.2, 0.25) is 0 Å². The van der Waals surface area contributed by atoms with Gasteiger partial charge in [0.05, 0.1) is 19.9 Å². The average molecular weight is 212 g/mol. The van der Waals surface area contributed by atoms with Crippen molar-refractivity contribution in [1.82, 2.24) is 0 Å². The smallest absolute Gasteiger partial charge is 0.334 e. The highest BCUT2D eigenvalue weighted by Gasteiger charge is 2.52. The Balaban J connectivity index is 2.52. The van der Waals surface area contributed by atoms with E-state index in [2.05, 4.69) is 19.6 Å². The van der Waals surface area contributed by atoms with Crippen LogP contribution in [0.2, 0.25) is 19.6 Å². The highest BCUT2D eigenvalue weighted by molar-refractivity contribution is 6.87. The Hall–Kier alpha value is -0.773. The van der Waals surface area contributed by atoms with E-state index in [1.54, 1.807) is 0 Å². The van der Waals surface area contributed by atoms with Crippen LogP contribution in [-0.4, -0.2) is 26.3 Å². The molecule has 1 unspecified atom stereocenters. The van der Waals surface area contributed by atoms with Crippen LogP contribution in [0.3, 0.4) is 0 Å². The van der Waals surface area contributed by atoms with E-state index in [4.69, 9.17) is 9.47 Å². The lowest BCUT2D eigenvalue weighted by molar-refractivity contribution is -0.144. The molecule has 1 saturated heterocycles. The van der Waals surface area contributed by atoms with Crippen LogP contribution in [0.15, 0.2) is 11.0 Å². The molecule has 0 aromatic carbocycles. The lowest BCUT2D eigenvalue weighted by atomic mass is 10.0. The normalized spacial score (nSPS) is 31.6. The molecule has 0 aromatic heterocycles. The van der Waals surface area contributed by atoms with Crippen molar-refractivity contribution in [3.8, 4) is 0 Å². The van der Waals surface area contributed by atoms with Crippen LogP contribution in [0.1, 0.15) is 13.3 Å². The van der Waals surface area contributed by atoms with Gasteiger partial charge in [0.25, 0.3) is 0 Å². The van der Waals surface area contributed by atoms with Crippen molar-refractivity contribution < 1.29 is 14.3 Å². The van der Waals surface area contributed by atoms with E-state index >= 15 is 0 Å². The van der Waals surface area contributed by atoms with Crippen LogP contribution in [0.5, 0.6) is 0 Å². The number of carbonyl (C=O) groups excluding carboxylic acids is 1. The molecule has 14 heavy (non-hydrogen) atoms. The van der Waals surface area contributed by atoms with Gasteiger partial charge in [-0.15, -0.1) is 0 Å². The second-order valence-corrected chi connectivity index (χ2v) is 10.2. The minimum Gasteiger partial charge on any atom is -0.493 e. The number of carbonyl (C=O) groups is 1. The van der Waals surface area contributed by atoms with Gasteiger partial charge in [0.15, 0.2) is 5.60 Å². The molecule has 4 heteroatoms. The van der Waals surface area contributed by atoms with Crippen molar-refractivity contribution in [2.24, 2.45) is 0 Å². The van der Waals surface area contributed by atoms with Gasteiger partial charge in [0, 0.05) is 6.42 Å². The first-order valence-corrected chi connectivity index (χ1v) is 8.46. The van der Waals surface area contributed by atoms with Gasteiger partial charge in [-0.1, -0.05) is 19.6 Å². The molecule has 0 radical (unpaired) electrons. The first-order valence-electron chi connectivity index (χ1n) is 4.96. The lowest BCUT2D eigenvalue weighted by Crippen LogP contribution is -2.29. The molecule has 1 fully saturated rings. The summed E-state index contributed by atoms with van der Waals surface area (Å²) < 4.78 is 11.0. The largest absolute Gasteiger partial charge is 0.493 e. The van der Waals surface area contributed by atoms with Gasteiger partial charge in [-0.2, -0.15) is 0 Å². The van der Waals surface area contributed by atoms with Crippen molar-refractivity contribution in [1.29, 1.82) is 0 Å². The van der Waals surface area contributed by atoms with Gasteiger partial charge >= 0.3 is 5.97 Å². The second kappa shape index (κ2) is 2.63. The molecule has 0 aromatic rings. The number of rotatable bonds is 1. The third kappa shape index (κ3) is 1.20. The molecule has 2 rings (SSSR count). The van der Waals surface area contributed by atoms with E-state index in [0.717, 1.165) is 17.4 Å². The van der Waals surface area contributed by atoms with Crippen molar-refractivity contribution >= 4 is 14.0 Å². The van der Waals surface area contributed by atoms with Gasteiger partial charge in [0.1, 0.15) is 5.76 Å². The molecule has 3 nitrogen and oxygen atoms in total. The Labute approximate surface area is 85.1 Å². The molecule has 0 saturated carbocycles. The molecule has 0 amide bonds. The predicted molar refractivity (Wildman–Crippen MR) is 55.4 cm³/mol. The third-order valence-electron chi connectivity index (χ3n) is 2.80. The molecular weight excluding hydrogens is 196 g/mol. The zero-order valence-electron chi connectivity index (χ0n) is 9.14. The molecule has 2 heterocycles. The van der Waals surface area contributed by atoms with Gasteiger partial charge in [-0.3, -0.25) is 0 Å². The Morgan fingerprint density at radius 3 is 2.57 bits per heavy atom. The summed E-state index contributed by atoms with van der Waals surface area (Å²) in [6, 6.07) is 0. The molecule has 2 aliphatic rings. The highest BCUT2D eigenvalue weighted by atomic mass is 28.3. The number of hydrogen-bond acceptors (Lipinski definition) is 3. The Morgan fingerprint density at radius 1 is 1.36 bits per heavy atom. The minimum atomic E-state index is -1.64. The summed E-state index contributed by atoms with van der Waals surface area (Å²) in [7, 11) is -1.64. The van der Waals surface area contributed by atoms with Crippen molar-refractivity contribution in [2.45, 2.75) is 38.6 Å². The standard InChI is InChI=1S/C10H16O3Si/c1-10-5-6-12-8(10)7(9(11)13-10)14(2,3)4/h5-6H2,1-4H3. The van der Waals surface area contributed by atoms with Crippen molar-refractivity contribution in [3.05, 3.63) is 11.0 Å². The lowest BCUT2D eigenvalue weighted by Gasteiger charge is -2.16. The summed E-state index contributed by atoms with van der Waals surface area (Å²) in [5.74, 6) is 0.669. The summed E-state index contributed by atoms with van der Waals surface area (Å²) in [5.41, 5.74) is -0.452. The van der Waals surface area contributed by atoms with Crippen molar-refractivity contribution in [2.75, 3.05) is 6.61 Å². The highest BCUT2D eigenvalue weighted by Crippen LogP contribution is 2.43. The fourth-order valence-electron chi connectivity index (χ4n) is 2.04. The van der Waals surface area contributed by atoms with E-state index in [0.29, 0.717) is 6.61 Å². The first-order chi connectivity index (χ1) is 6.34. The molecule has 0 aliphatic carbocycles. The first kappa shape index (κ1) is 9.77. The van der Waals surface area contributed by atoms with Crippen LogP contribution in [0.4, 0.5) is 0 Å². The predicted octanol–water partition coefficient (Wildman–Crippen LogP) is 1.85. The van der Waals surface area contributed by atoms with Gasteiger partial charge in [-0.25, -0.2) is 4.79 Å². The average Bonchev–Trinajstić information content (AvgIpc) is 2.37. The van der Waals surface area contributed by atoms with Gasteiger partial charge < -0.3 is 9.47 Å². The Kier molecular flexibility index (Phi) is 1.83. The van der Waals surface area contributed by atoms with Crippen LogP contribution in [0, 0.1) is 0 Å². The van der Waals surface area contributed by atoms with Crippen LogP contribution >= 0.6 is 0 Å². The molecule has 0 spiro atoms. The number of hydrogen-bond donors (Lipinski definition) is 0. The van der Waals surface area contributed by atoms with Crippen LogP contribution in [0.25, 0.3) is 0 Å². The zero-order valence-corrected chi connectivity index (χ0v) is 10.1. The molecular formula is C10H16O3Si. The van der Waals surface area contributed by atoms with Crippen LogP contribution in [-0.2, 0) is 14.3 Å². The number of esters is 1. The summed E-state index contributed by atoms with van der Waals surface area (Å²) >= 11 is 0. The molecule has 1 atom stereocenters. The van der Waals surface area contributed by atoms with E-state index < -0.39 is 13.7 Å². The topological polar surface area (TPSA) is 35.5 Å². The number of fused-ring (bicyclic) bond motifs is 1. The van der Waals surface area contributed by atoms with Crippen molar-refractivity contribution in [3.63, 3.8) is 0 Å². The SMILES string of the molecule is CC12CCOC1=C([Si](C)(C)C)C(=O)O2. The quantitative estimate of drug-likeness (QED) is 0.491. The minimum absolute atomic E-state index is 0.152. The van der Waals surface area contributed by atoms with E-state index in [9.17, 15) is 4.79 Å². The second-order valence-electron chi connectivity index (χ2n) is 5.17. The Bertz CT molecular complexity index is 327. The number of ether oxygens (including phenoxy) is 2. The summed E-state index contributed by atoms with van der Waals surface area (Å²) in [4.78, 5) is 11.7. The van der Waals surface area contributed by atoms with Crippen LogP contribution < -0.4 is 0 Å². The van der Waals surface area contributed by atoms with Gasteiger partial charge in [-0.05, 0) is 6.92 Å². The Morgan fingerprint density at radius 2 is 2.00 bits per heavy atom. The summed E-state index contributed by atoms with van der Waals surface area (Å²) in [6.07, 6.45) is 0.794. The maximum atomic E-state index is 11.7. The van der Waals surface area contributed by atoms with E-state index in [1.807, 2.05) is 6.92 Å². The third-order valence-corrected chi connectivity index (χ3v) is 4.74. The molecule has 78 valence electrons. The summed E-state index contributed by atoms with van der Waals surface area (Å²) in [5, 5.41) is 0.845. The zero-order chi connectivity index (χ0) is 10.6.